The molecule has 0 saturated heterocycles. The Morgan fingerprint density at radius 1 is 1.09 bits per heavy atom. The van der Waals surface area contributed by atoms with Crippen molar-refractivity contribution >= 4 is 27.7 Å². The van der Waals surface area contributed by atoms with Crippen LogP contribution in [-0.2, 0) is 22.6 Å². The fourth-order valence-electron chi connectivity index (χ4n) is 4.57. The monoisotopic (exact) mass is 528 g/mol. The summed E-state index contributed by atoms with van der Waals surface area (Å²) in [4.78, 5) is 28.4. The van der Waals surface area contributed by atoms with Crippen molar-refractivity contribution in [2.24, 2.45) is 0 Å². The standard InChI is InChI=1S/C28H37BrN2O3/c1-4-21-14-15-26(24(29)17-21)34-19-27(32)31(18-22-11-9-10-20(3)16-22)25(5-2)28(33)30-23-12-7-6-8-13-23/h9-11,14-17,23,25H,4-8,12-13,18-19H2,1-3H3,(H,30,33). The van der Waals surface area contributed by atoms with Gasteiger partial charge in [-0.3, -0.25) is 9.59 Å². The van der Waals surface area contributed by atoms with Gasteiger partial charge in [-0.1, -0.05) is 69.0 Å². The lowest BCUT2D eigenvalue weighted by atomic mass is 9.95. The second-order valence-corrected chi connectivity index (χ2v) is 10.0. The van der Waals surface area contributed by atoms with Crippen molar-refractivity contribution in [1.29, 1.82) is 0 Å². The molecule has 2 aromatic carbocycles. The number of halogens is 1. The molecule has 0 heterocycles. The number of carbonyl (C=O) groups is 2. The first kappa shape index (κ1) is 26.3. The predicted octanol–water partition coefficient (Wildman–Crippen LogP) is 5.96. The number of hydrogen-bond donors (Lipinski definition) is 1. The minimum absolute atomic E-state index is 0.0658. The highest BCUT2D eigenvalue weighted by atomic mass is 79.9. The number of rotatable bonds is 10. The van der Waals surface area contributed by atoms with E-state index in [0.29, 0.717) is 18.7 Å². The van der Waals surface area contributed by atoms with Gasteiger partial charge < -0.3 is 15.0 Å². The Labute approximate surface area is 212 Å². The molecule has 1 fully saturated rings. The van der Waals surface area contributed by atoms with Crippen LogP contribution in [0.4, 0.5) is 0 Å². The summed E-state index contributed by atoms with van der Waals surface area (Å²) < 4.78 is 6.72. The fourth-order valence-corrected chi connectivity index (χ4v) is 5.12. The number of nitrogens with one attached hydrogen (secondary N) is 1. The summed E-state index contributed by atoms with van der Waals surface area (Å²) in [5.74, 6) is 0.364. The molecule has 1 N–H and O–H groups in total. The summed E-state index contributed by atoms with van der Waals surface area (Å²) in [7, 11) is 0. The smallest absolute Gasteiger partial charge is 0.261 e. The maximum atomic E-state index is 13.4. The van der Waals surface area contributed by atoms with E-state index in [1.165, 1.54) is 12.0 Å². The number of ether oxygens (including phenoxy) is 1. The molecule has 1 unspecified atom stereocenters. The van der Waals surface area contributed by atoms with Gasteiger partial charge in [0.1, 0.15) is 11.8 Å². The van der Waals surface area contributed by atoms with E-state index in [-0.39, 0.29) is 24.5 Å². The minimum Gasteiger partial charge on any atom is -0.483 e. The third-order valence-electron chi connectivity index (χ3n) is 6.53. The SMILES string of the molecule is CCc1ccc(OCC(=O)N(Cc2cccc(C)c2)C(CC)C(=O)NC2CCCCC2)c(Br)c1. The molecule has 0 spiro atoms. The third kappa shape index (κ3) is 7.33. The molecule has 0 bridgehead atoms. The molecule has 184 valence electrons. The summed E-state index contributed by atoms with van der Waals surface area (Å²) in [5.41, 5.74) is 3.32. The fraction of sp³-hybridized carbons (Fsp3) is 0.500. The van der Waals surface area contributed by atoms with Crippen LogP contribution in [-0.4, -0.2) is 35.4 Å². The van der Waals surface area contributed by atoms with Gasteiger partial charge in [0.05, 0.1) is 4.47 Å². The normalized spacial score (nSPS) is 14.9. The largest absolute Gasteiger partial charge is 0.483 e. The molecule has 5 nitrogen and oxygen atoms in total. The van der Waals surface area contributed by atoms with Crippen LogP contribution in [0.2, 0.25) is 0 Å². The van der Waals surface area contributed by atoms with Gasteiger partial charge in [0, 0.05) is 12.6 Å². The molecule has 1 atom stereocenters. The molecule has 1 aliphatic carbocycles. The molecular formula is C28H37BrN2O3. The molecule has 1 aliphatic rings. The highest BCUT2D eigenvalue weighted by Crippen LogP contribution is 2.26. The highest BCUT2D eigenvalue weighted by Gasteiger charge is 2.30. The summed E-state index contributed by atoms with van der Waals surface area (Å²) in [6.07, 6.45) is 7.02. The van der Waals surface area contributed by atoms with E-state index in [2.05, 4.69) is 34.2 Å². The zero-order chi connectivity index (χ0) is 24.5. The van der Waals surface area contributed by atoms with E-state index in [1.807, 2.05) is 50.2 Å². The van der Waals surface area contributed by atoms with Crippen LogP contribution in [0.3, 0.4) is 0 Å². The van der Waals surface area contributed by atoms with E-state index >= 15 is 0 Å². The van der Waals surface area contributed by atoms with Crippen LogP contribution < -0.4 is 10.1 Å². The lowest BCUT2D eigenvalue weighted by Gasteiger charge is -2.32. The number of benzene rings is 2. The Hall–Kier alpha value is -2.34. The van der Waals surface area contributed by atoms with E-state index in [4.69, 9.17) is 4.74 Å². The Morgan fingerprint density at radius 3 is 2.50 bits per heavy atom. The average molecular weight is 530 g/mol. The van der Waals surface area contributed by atoms with E-state index in [0.717, 1.165) is 47.7 Å². The van der Waals surface area contributed by atoms with E-state index < -0.39 is 6.04 Å². The number of amides is 2. The van der Waals surface area contributed by atoms with Crippen molar-refractivity contribution in [2.45, 2.75) is 84.3 Å². The van der Waals surface area contributed by atoms with E-state index in [9.17, 15) is 9.59 Å². The zero-order valence-corrected chi connectivity index (χ0v) is 22.2. The van der Waals surface area contributed by atoms with Crippen LogP contribution in [0.1, 0.15) is 69.1 Å². The van der Waals surface area contributed by atoms with Crippen LogP contribution >= 0.6 is 15.9 Å². The minimum atomic E-state index is -0.538. The van der Waals surface area contributed by atoms with Crippen molar-refractivity contribution in [3.05, 3.63) is 63.6 Å². The van der Waals surface area contributed by atoms with E-state index in [1.54, 1.807) is 4.90 Å². The van der Waals surface area contributed by atoms with Crippen LogP contribution in [0.15, 0.2) is 46.9 Å². The molecule has 1 saturated carbocycles. The maximum Gasteiger partial charge on any atom is 0.261 e. The number of carbonyl (C=O) groups excluding carboxylic acids is 2. The lowest BCUT2D eigenvalue weighted by Crippen LogP contribution is -2.52. The second kappa shape index (κ2) is 12.9. The van der Waals surface area contributed by atoms with Crippen LogP contribution in [0.25, 0.3) is 0 Å². The summed E-state index contributed by atoms with van der Waals surface area (Å²) in [6.45, 7) is 6.34. The topological polar surface area (TPSA) is 58.6 Å². The number of nitrogens with zero attached hydrogens (tertiary/aromatic N) is 1. The third-order valence-corrected chi connectivity index (χ3v) is 7.15. The van der Waals surface area contributed by atoms with Gasteiger partial charge in [-0.2, -0.15) is 0 Å². The quantitative estimate of drug-likeness (QED) is 0.414. The average Bonchev–Trinajstić information content (AvgIpc) is 2.83. The molecule has 34 heavy (non-hydrogen) atoms. The molecule has 0 radical (unpaired) electrons. The van der Waals surface area contributed by atoms with Gasteiger partial charge in [0.25, 0.3) is 5.91 Å². The number of aryl methyl sites for hydroxylation is 2. The molecule has 6 heteroatoms. The van der Waals surface area contributed by atoms with Crippen molar-refractivity contribution in [2.75, 3.05) is 6.61 Å². The predicted molar refractivity (Wildman–Crippen MR) is 140 cm³/mol. The summed E-state index contributed by atoms with van der Waals surface area (Å²) >= 11 is 3.54. The molecule has 2 aromatic rings. The van der Waals surface area contributed by atoms with Crippen molar-refractivity contribution in [3.8, 4) is 5.75 Å². The Balaban J connectivity index is 1.76. The maximum absolute atomic E-state index is 13.4. The lowest BCUT2D eigenvalue weighted by molar-refractivity contribution is -0.143. The molecule has 0 aromatic heterocycles. The van der Waals surface area contributed by atoms with Gasteiger partial charge in [0.2, 0.25) is 5.91 Å². The van der Waals surface area contributed by atoms with Crippen molar-refractivity contribution in [3.63, 3.8) is 0 Å². The van der Waals surface area contributed by atoms with Gasteiger partial charge in [-0.25, -0.2) is 0 Å². The Kier molecular flexibility index (Phi) is 10.00. The Bertz CT molecular complexity index is 972. The van der Waals surface area contributed by atoms with Crippen molar-refractivity contribution in [1.82, 2.24) is 10.2 Å². The molecular weight excluding hydrogens is 492 g/mol. The molecule has 2 amide bonds. The summed E-state index contributed by atoms with van der Waals surface area (Å²) in [5, 5.41) is 3.22. The molecule has 3 rings (SSSR count). The first-order chi connectivity index (χ1) is 16.4. The van der Waals surface area contributed by atoms with Crippen molar-refractivity contribution < 1.29 is 14.3 Å². The highest BCUT2D eigenvalue weighted by molar-refractivity contribution is 9.10. The first-order valence-corrected chi connectivity index (χ1v) is 13.3. The van der Waals surface area contributed by atoms with Gasteiger partial charge >= 0.3 is 0 Å². The van der Waals surface area contributed by atoms with Gasteiger partial charge in [-0.05, 0) is 71.8 Å². The summed E-state index contributed by atoms with van der Waals surface area (Å²) in [6, 6.07) is 13.6. The van der Waals surface area contributed by atoms with Gasteiger partial charge in [0.15, 0.2) is 6.61 Å². The Morgan fingerprint density at radius 2 is 1.85 bits per heavy atom. The number of hydrogen-bond acceptors (Lipinski definition) is 3. The molecule has 0 aliphatic heterocycles. The van der Waals surface area contributed by atoms with Crippen LogP contribution in [0, 0.1) is 6.92 Å². The zero-order valence-electron chi connectivity index (χ0n) is 20.6. The van der Waals surface area contributed by atoms with Crippen LogP contribution in [0.5, 0.6) is 5.75 Å². The second-order valence-electron chi connectivity index (χ2n) is 9.19. The first-order valence-electron chi connectivity index (χ1n) is 12.5. The van der Waals surface area contributed by atoms with Gasteiger partial charge in [-0.15, -0.1) is 0 Å².